The summed E-state index contributed by atoms with van der Waals surface area (Å²) in [5.74, 6) is 1.59. The fourth-order valence-electron chi connectivity index (χ4n) is 2.62. The smallest absolute Gasteiger partial charge is 0.273 e. The summed E-state index contributed by atoms with van der Waals surface area (Å²) in [6.07, 6.45) is 0. The number of amides is 1. The lowest BCUT2D eigenvalue weighted by molar-refractivity contribution is 0.0528. The molecule has 1 atom stereocenters. The highest BCUT2D eigenvalue weighted by atomic mass is 32.1. The molecule has 2 aromatic rings. The molecular weight excluding hydrogens is 286 g/mol. The van der Waals surface area contributed by atoms with Gasteiger partial charge in [-0.25, -0.2) is 4.98 Å². The zero-order chi connectivity index (χ0) is 15.0. The molecule has 3 heterocycles. The van der Waals surface area contributed by atoms with Crippen molar-refractivity contribution in [2.24, 2.45) is 0 Å². The number of hydrogen-bond donors (Lipinski definition) is 0. The monoisotopic (exact) mass is 305 g/mol. The Hall–Kier alpha value is -1.66. The van der Waals surface area contributed by atoms with Crippen LogP contribution in [0.5, 0.6) is 0 Å². The number of aryl methyl sites for hydroxylation is 1. The van der Waals surface area contributed by atoms with E-state index < -0.39 is 0 Å². The van der Waals surface area contributed by atoms with Crippen LogP contribution >= 0.6 is 11.3 Å². The fraction of sp³-hybridized carbons (Fsp3) is 0.467. The minimum atomic E-state index is 0.0152. The Morgan fingerprint density at radius 3 is 2.90 bits per heavy atom. The van der Waals surface area contributed by atoms with Crippen molar-refractivity contribution < 1.29 is 9.21 Å². The molecule has 0 saturated carbocycles. The largest absolute Gasteiger partial charge is 0.459 e. The van der Waals surface area contributed by atoms with Crippen molar-refractivity contribution in [2.75, 3.05) is 26.7 Å². The highest BCUT2D eigenvalue weighted by molar-refractivity contribution is 7.13. The first-order valence-electron chi connectivity index (χ1n) is 7.06. The average Bonchev–Trinajstić information content (AvgIpc) is 3.06. The Morgan fingerprint density at radius 2 is 2.24 bits per heavy atom. The molecule has 5 nitrogen and oxygen atoms in total. The molecule has 0 N–H and O–H groups in total. The third kappa shape index (κ3) is 2.87. The molecule has 0 spiro atoms. The Morgan fingerprint density at radius 1 is 1.43 bits per heavy atom. The quantitative estimate of drug-likeness (QED) is 0.855. The molecule has 0 aromatic carbocycles. The summed E-state index contributed by atoms with van der Waals surface area (Å²) in [5.41, 5.74) is 0.514. The van der Waals surface area contributed by atoms with E-state index in [2.05, 4.69) is 23.9 Å². The summed E-state index contributed by atoms with van der Waals surface area (Å²) in [6.45, 7) is 6.54. The first-order valence-corrected chi connectivity index (χ1v) is 7.94. The molecule has 3 rings (SSSR count). The van der Waals surface area contributed by atoms with Crippen LogP contribution in [0.15, 0.2) is 21.9 Å². The maximum atomic E-state index is 12.6. The Balaban J connectivity index is 1.78. The molecule has 1 aliphatic rings. The van der Waals surface area contributed by atoms with Gasteiger partial charge in [0.25, 0.3) is 5.91 Å². The summed E-state index contributed by atoms with van der Waals surface area (Å²) >= 11 is 1.45. The molecule has 112 valence electrons. The van der Waals surface area contributed by atoms with Crippen LogP contribution in [0.2, 0.25) is 0 Å². The van der Waals surface area contributed by atoms with Gasteiger partial charge in [0.15, 0.2) is 10.8 Å². The first kappa shape index (κ1) is 14.3. The van der Waals surface area contributed by atoms with Gasteiger partial charge in [-0.2, -0.15) is 0 Å². The lowest BCUT2D eigenvalue weighted by atomic mass is 10.2. The predicted molar refractivity (Wildman–Crippen MR) is 82.5 cm³/mol. The molecule has 0 aliphatic carbocycles. The molecular formula is C15H19N3O2S. The zero-order valence-electron chi connectivity index (χ0n) is 12.5. The number of carbonyl (C=O) groups excluding carboxylic acids is 1. The number of hydrogen-bond acceptors (Lipinski definition) is 5. The minimum Gasteiger partial charge on any atom is -0.459 e. The standard InChI is InChI=1S/C15H19N3O2S/c1-10-8-17(3)6-7-18(10)15(19)12-9-21-14(16-12)13-5-4-11(2)20-13/h4-5,9-10H,6-8H2,1-3H3/t10-/m1/s1. The van der Waals surface area contributed by atoms with Crippen LogP contribution < -0.4 is 0 Å². The van der Waals surface area contributed by atoms with Crippen molar-refractivity contribution in [2.45, 2.75) is 19.9 Å². The van der Waals surface area contributed by atoms with Crippen LogP contribution in [-0.2, 0) is 0 Å². The van der Waals surface area contributed by atoms with Gasteiger partial charge in [0, 0.05) is 31.1 Å². The van der Waals surface area contributed by atoms with Crippen LogP contribution in [0.1, 0.15) is 23.2 Å². The molecule has 1 aliphatic heterocycles. The van der Waals surface area contributed by atoms with Crippen LogP contribution in [0, 0.1) is 6.92 Å². The highest BCUT2D eigenvalue weighted by Crippen LogP contribution is 2.26. The Kier molecular flexibility index (Phi) is 3.82. The van der Waals surface area contributed by atoms with Gasteiger partial charge >= 0.3 is 0 Å². The van der Waals surface area contributed by atoms with E-state index in [-0.39, 0.29) is 11.9 Å². The Labute approximate surface area is 128 Å². The third-order valence-corrected chi connectivity index (χ3v) is 4.62. The molecule has 6 heteroatoms. The number of rotatable bonds is 2. The van der Waals surface area contributed by atoms with E-state index in [1.165, 1.54) is 11.3 Å². The van der Waals surface area contributed by atoms with Gasteiger partial charge in [-0.15, -0.1) is 11.3 Å². The average molecular weight is 305 g/mol. The lowest BCUT2D eigenvalue weighted by Gasteiger charge is -2.37. The second kappa shape index (κ2) is 5.61. The van der Waals surface area contributed by atoms with Crippen LogP contribution in [0.4, 0.5) is 0 Å². The maximum Gasteiger partial charge on any atom is 0.273 e. The number of nitrogens with zero attached hydrogens (tertiary/aromatic N) is 3. The van der Waals surface area contributed by atoms with E-state index in [9.17, 15) is 4.79 Å². The molecule has 2 aromatic heterocycles. The number of thiazole rings is 1. The third-order valence-electron chi connectivity index (χ3n) is 3.77. The number of piperazine rings is 1. The zero-order valence-corrected chi connectivity index (χ0v) is 13.3. The van der Waals surface area contributed by atoms with Crippen molar-refractivity contribution >= 4 is 17.2 Å². The van der Waals surface area contributed by atoms with E-state index in [4.69, 9.17) is 4.42 Å². The van der Waals surface area contributed by atoms with Crippen LogP contribution in [-0.4, -0.2) is 53.4 Å². The van der Waals surface area contributed by atoms with Gasteiger partial charge in [-0.3, -0.25) is 4.79 Å². The summed E-state index contributed by atoms with van der Waals surface area (Å²) in [4.78, 5) is 21.2. The summed E-state index contributed by atoms with van der Waals surface area (Å²) in [5, 5.41) is 2.58. The maximum absolute atomic E-state index is 12.6. The van der Waals surface area contributed by atoms with Gasteiger partial charge in [0.1, 0.15) is 11.5 Å². The van der Waals surface area contributed by atoms with E-state index in [1.54, 1.807) is 0 Å². The number of aromatic nitrogens is 1. The van der Waals surface area contributed by atoms with E-state index in [0.29, 0.717) is 5.69 Å². The predicted octanol–water partition coefficient (Wildman–Crippen LogP) is 2.49. The fourth-order valence-corrected chi connectivity index (χ4v) is 3.38. The van der Waals surface area contributed by atoms with Crippen molar-refractivity contribution in [3.8, 4) is 10.8 Å². The van der Waals surface area contributed by atoms with E-state index in [1.807, 2.05) is 29.3 Å². The van der Waals surface area contributed by atoms with Gasteiger partial charge in [0.2, 0.25) is 0 Å². The summed E-state index contributed by atoms with van der Waals surface area (Å²) in [7, 11) is 2.08. The van der Waals surface area contributed by atoms with Gasteiger partial charge < -0.3 is 14.2 Å². The highest BCUT2D eigenvalue weighted by Gasteiger charge is 2.28. The van der Waals surface area contributed by atoms with Crippen molar-refractivity contribution in [1.82, 2.24) is 14.8 Å². The lowest BCUT2D eigenvalue weighted by Crippen LogP contribution is -2.52. The van der Waals surface area contributed by atoms with Crippen molar-refractivity contribution in [3.05, 3.63) is 29.0 Å². The first-order chi connectivity index (χ1) is 10.0. The molecule has 0 unspecified atom stereocenters. The van der Waals surface area contributed by atoms with E-state index >= 15 is 0 Å². The second-order valence-electron chi connectivity index (χ2n) is 5.56. The number of furan rings is 1. The molecule has 0 bridgehead atoms. The minimum absolute atomic E-state index is 0.0152. The topological polar surface area (TPSA) is 49.6 Å². The summed E-state index contributed by atoms with van der Waals surface area (Å²) in [6, 6.07) is 4.01. The number of carbonyl (C=O) groups is 1. The van der Waals surface area contributed by atoms with E-state index in [0.717, 1.165) is 36.2 Å². The van der Waals surface area contributed by atoms with Crippen LogP contribution in [0.3, 0.4) is 0 Å². The van der Waals surface area contributed by atoms with Crippen molar-refractivity contribution in [1.29, 1.82) is 0 Å². The SMILES string of the molecule is Cc1ccc(-c2nc(C(=O)N3CCN(C)C[C@H]3C)cs2)o1. The molecule has 1 fully saturated rings. The Bertz CT molecular complexity index is 649. The molecule has 1 saturated heterocycles. The van der Waals surface area contributed by atoms with Crippen molar-refractivity contribution in [3.63, 3.8) is 0 Å². The molecule has 0 radical (unpaired) electrons. The van der Waals surface area contributed by atoms with Gasteiger partial charge in [0.05, 0.1) is 0 Å². The second-order valence-corrected chi connectivity index (χ2v) is 6.42. The van der Waals surface area contributed by atoms with Gasteiger partial charge in [-0.1, -0.05) is 0 Å². The molecule has 1 amide bonds. The molecule has 21 heavy (non-hydrogen) atoms. The van der Waals surface area contributed by atoms with Gasteiger partial charge in [-0.05, 0) is 33.0 Å². The van der Waals surface area contributed by atoms with Crippen LogP contribution in [0.25, 0.3) is 10.8 Å². The number of likely N-dealkylation sites (N-methyl/N-ethyl adjacent to an activating group) is 1. The normalized spacial score (nSPS) is 20.0. The summed E-state index contributed by atoms with van der Waals surface area (Å²) < 4.78 is 5.56.